The summed E-state index contributed by atoms with van der Waals surface area (Å²) in [6.07, 6.45) is 0. The second-order valence-corrected chi connectivity index (χ2v) is 5.07. The van der Waals surface area contributed by atoms with Crippen LogP contribution in [0.3, 0.4) is 0 Å². The van der Waals surface area contributed by atoms with Gasteiger partial charge in [-0.3, -0.25) is 0 Å². The van der Waals surface area contributed by atoms with Crippen molar-refractivity contribution in [3.8, 4) is 5.75 Å². The summed E-state index contributed by atoms with van der Waals surface area (Å²) in [7, 11) is 1.86. The molecule has 2 rings (SSSR count). The summed E-state index contributed by atoms with van der Waals surface area (Å²) in [4.78, 5) is 10.8. The molecule has 6 nitrogen and oxygen atoms in total. The molecule has 7 heteroatoms. The first-order valence-electron chi connectivity index (χ1n) is 5.78. The molecule has 2 N–H and O–H groups in total. The van der Waals surface area contributed by atoms with Crippen LogP contribution in [0, 0.1) is 0 Å². The third kappa shape index (κ3) is 4.06. The standard InChI is InChI=1S/C12H15N3O3S/c1-8(19-7-11-14-15-12(16)18-11)17-10-5-3-4-9(6-10)13-2/h3-6,8,13H,7H2,1-2H3,(H,15,16). The Morgan fingerprint density at radius 1 is 1.58 bits per heavy atom. The maximum absolute atomic E-state index is 10.8. The largest absolute Gasteiger partial charge is 0.480 e. The maximum atomic E-state index is 10.8. The molecular weight excluding hydrogens is 266 g/mol. The Balaban J connectivity index is 1.86. The van der Waals surface area contributed by atoms with Crippen molar-refractivity contribution >= 4 is 17.4 Å². The highest BCUT2D eigenvalue weighted by Gasteiger charge is 2.08. The number of aromatic nitrogens is 2. The number of anilines is 1. The van der Waals surface area contributed by atoms with Gasteiger partial charge in [-0.15, -0.1) is 16.9 Å². The van der Waals surface area contributed by atoms with Crippen molar-refractivity contribution in [2.24, 2.45) is 0 Å². The van der Waals surface area contributed by atoms with Crippen LogP contribution in [0.25, 0.3) is 0 Å². The second-order valence-electron chi connectivity index (χ2n) is 3.78. The van der Waals surface area contributed by atoms with Crippen LogP contribution < -0.4 is 15.8 Å². The van der Waals surface area contributed by atoms with Crippen LogP contribution >= 0.6 is 11.8 Å². The zero-order valence-electron chi connectivity index (χ0n) is 10.7. The first kappa shape index (κ1) is 13.5. The average molecular weight is 281 g/mol. The van der Waals surface area contributed by atoms with Crippen LogP contribution in [0.15, 0.2) is 33.5 Å². The molecule has 2 aromatic rings. The van der Waals surface area contributed by atoms with E-state index in [1.165, 1.54) is 11.8 Å². The van der Waals surface area contributed by atoms with Gasteiger partial charge in [0.05, 0.1) is 5.75 Å². The quantitative estimate of drug-likeness (QED) is 0.789. The minimum absolute atomic E-state index is 0.0749. The molecule has 19 heavy (non-hydrogen) atoms. The predicted octanol–water partition coefficient (Wildman–Crippen LogP) is 2.06. The van der Waals surface area contributed by atoms with Gasteiger partial charge in [-0.25, -0.2) is 9.89 Å². The molecule has 0 fully saturated rings. The molecule has 0 aliphatic carbocycles. The fourth-order valence-corrected chi connectivity index (χ4v) is 2.14. The van der Waals surface area contributed by atoms with Crippen molar-refractivity contribution in [2.45, 2.75) is 18.1 Å². The maximum Gasteiger partial charge on any atom is 0.434 e. The van der Waals surface area contributed by atoms with Crippen LogP contribution in [-0.2, 0) is 5.75 Å². The summed E-state index contributed by atoms with van der Waals surface area (Å²) < 4.78 is 10.6. The summed E-state index contributed by atoms with van der Waals surface area (Å²) in [5, 5.41) is 9.00. The number of nitrogens with one attached hydrogen (secondary N) is 2. The predicted molar refractivity (Wildman–Crippen MR) is 74.5 cm³/mol. The van der Waals surface area contributed by atoms with Gasteiger partial charge in [-0.1, -0.05) is 6.07 Å². The van der Waals surface area contributed by atoms with Crippen LogP contribution in [0.1, 0.15) is 12.8 Å². The average Bonchev–Trinajstić information content (AvgIpc) is 2.82. The smallest absolute Gasteiger partial charge is 0.434 e. The third-order valence-corrected chi connectivity index (χ3v) is 3.33. The van der Waals surface area contributed by atoms with Gasteiger partial charge in [-0.2, -0.15) is 0 Å². The first-order chi connectivity index (χ1) is 9.17. The number of hydrogen-bond donors (Lipinski definition) is 2. The van der Waals surface area contributed by atoms with E-state index in [2.05, 4.69) is 15.5 Å². The molecule has 0 radical (unpaired) electrons. The number of rotatable bonds is 6. The first-order valence-corrected chi connectivity index (χ1v) is 6.82. The van der Waals surface area contributed by atoms with Crippen molar-refractivity contribution in [3.63, 3.8) is 0 Å². The molecule has 1 heterocycles. The number of H-pyrrole nitrogens is 1. The number of nitrogens with zero attached hydrogens (tertiary/aromatic N) is 1. The van der Waals surface area contributed by atoms with Gasteiger partial charge in [0, 0.05) is 18.8 Å². The van der Waals surface area contributed by atoms with E-state index in [1.807, 2.05) is 38.2 Å². The van der Waals surface area contributed by atoms with E-state index in [9.17, 15) is 4.79 Å². The lowest BCUT2D eigenvalue weighted by Gasteiger charge is -2.14. The molecule has 0 saturated carbocycles. The van der Waals surface area contributed by atoms with Gasteiger partial charge >= 0.3 is 5.76 Å². The highest BCUT2D eigenvalue weighted by atomic mass is 32.2. The molecule has 0 amide bonds. The molecule has 0 aliphatic rings. The van der Waals surface area contributed by atoms with Crippen molar-refractivity contribution in [1.82, 2.24) is 10.2 Å². The molecule has 0 spiro atoms. The Kier molecular flexibility index (Phi) is 4.51. The van der Waals surface area contributed by atoms with Gasteiger partial charge in [0.15, 0.2) is 0 Å². The van der Waals surface area contributed by atoms with Gasteiger partial charge in [-0.05, 0) is 19.1 Å². The highest BCUT2D eigenvalue weighted by molar-refractivity contribution is 7.98. The minimum atomic E-state index is -0.536. The molecular formula is C12H15N3O3S. The Morgan fingerprint density at radius 2 is 2.42 bits per heavy atom. The second kappa shape index (κ2) is 6.33. The minimum Gasteiger partial charge on any atom is -0.480 e. The molecule has 0 aliphatic heterocycles. The number of ether oxygens (including phenoxy) is 1. The van der Waals surface area contributed by atoms with Crippen molar-refractivity contribution < 1.29 is 9.15 Å². The molecule has 102 valence electrons. The summed E-state index contributed by atoms with van der Waals surface area (Å²) in [6.45, 7) is 1.93. The van der Waals surface area contributed by atoms with Crippen molar-refractivity contribution in [1.29, 1.82) is 0 Å². The molecule has 1 unspecified atom stereocenters. The lowest BCUT2D eigenvalue weighted by molar-refractivity contribution is 0.307. The fraction of sp³-hybridized carbons (Fsp3) is 0.333. The molecule has 1 aromatic carbocycles. The van der Waals surface area contributed by atoms with E-state index in [-0.39, 0.29) is 5.44 Å². The molecule has 0 bridgehead atoms. The lowest BCUT2D eigenvalue weighted by atomic mass is 10.3. The Hall–Kier alpha value is -1.89. The van der Waals surface area contributed by atoms with Gasteiger partial charge < -0.3 is 14.5 Å². The zero-order valence-corrected chi connectivity index (χ0v) is 11.5. The van der Waals surface area contributed by atoms with Crippen LogP contribution in [0.5, 0.6) is 5.75 Å². The van der Waals surface area contributed by atoms with E-state index in [0.29, 0.717) is 11.6 Å². The summed E-state index contributed by atoms with van der Waals surface area (Å²) in [6, 6.07) is 7.70. The van der Waals surface area contributed by atoms with E-state index in [0.717, 1.165) is 11.4 Å². The Labute approximate surface area is 114 Å². The van der Waals surface area contributed by atoms with E-state index in [4.69, 9.17) is 9.15 Å². The van der Waals surface area contributed by atoms with E-state index < -0.39 is 5.76 Å². The topological polar surface area (TPSA) is 80.1 Å². The van der Waals surface area contributed by atoms with Gasteiger partial charge in [0.1, 0.15) is 11.2 Å². The van der Waals surface area contributed by atoms with Crippen molar-refractivity contribution in [2.75, 3.05) is 12.4 Å². The Morgan fingerprint density at radius 3 is 3.11 bits per heavy atom. The van der Waals surface area contributed by atoms with Gasteiger partial charge in [0.2, 0.25) is 5.89 Å². The van der Waals surface area contributed by atoms with Crippen LogP contribution in [0.4, 0.5) is 5.69 Å². The molecule has 0 saturated heterocycles. The van der Waals surface area contributed by atoms with E-state index in [1.54, 1.807) is 0 Å². The van der Waals surface area contributed by atoms with Crippen LogP contribution in [-0.4, -0.2) is 22.7 Å². The summed E-state index contributed by atoms with van der Waals surface area (Å²) >= 11 is 1.49. The summed E-state index contributed by atoms with van der Waals surface area (Å²) in [5.41, 5.74) is 0.919. The number of hydrogen-bond acceptors (Lipinski definition) is 6. The van der Waals surface area contributed by atoms with Gasteiger partial charge in [0.25, 0.3) is 0 Å². The number of benzene rings is 1. The fourth-order valence-electron chi connectivity index (χ4n) is 1.46. The SMILES string of the molecule is CNc1cccc(OC(C)SCc2n[nH]c(=O)o2)c1. The number of thioether (sulfide) groups is 1. The highest BCUT2D eigenvalue weighted by Crippen LogP contribution is 2.23. The third-order valence-electron chi connectivity index (χ3n) is 2.35. The lowest BCUT2D eigenvalue weighted by Crippen LogP contribution is -2.07. The van der Waals surface area contributed by atoms with E-state index >= 15 is 0 Å². The molecule has 1 aromatic heterocycles. The summed E-state index contributed by atoms with van der Waals surface area (Å²) in [5.74, 6) is 1.10. The normalized spacial score (nSPS) is 12.1. The molecule has 1 atom stereocenters. The zero-order chi connectivity index (χ0) is 13.7. The number of aromatic amines is 1. The Bertz CT molecular complexity index is 581. The van der Waals surface area contributed by atoms with Crippen LogP contribution in [0.2, 0.25) is 0 Å². The monoisotopic (exact) mass is 281 g/mol. The van der Waals surface area contributed by atoms with Crippen molar-refractivity contribution in [3.05, 3.63) is 40.7 Å².